The molecule has 0 N–H and O–H groups in total. The largest absolute Gasteiger partial charge is 0.242 e. The number of aromatic nitrogens is 1. The Morgan fingerprint density at radius 3 is 2.92 bits per heavy atom. The zero-order valence-corrected chi connectivity index (χ0v) is 9.75. The van der Waals surface area contributed by atoms with Crippen LogP contribution in [0.2, 0.25) is 10.2 Å². The average Bonchev–Trinajstić information content (AvgIpc) is 2.11. The van der Waals surface area contributed by atoms with E-state index in [1.165, 1.54) is 6.20 Å². The van der Waals surface area contributed by atoms with Crippen LogP contribution >= 0.6 is 39.1 Å². The van der Waals surface area contributed by atoms with Crippen LogP contribution in [0.5, 0.6) is 0 Å². The molecule has 0 aliphatic carbocycles. The fourth-order valence-electron chi connectivity index (χ4n) is 0.715. The highest BCUT2D eigenvalue weighted by atomic mass is 79.9. The molecule has 1 aromatic heterocycles. The van der Waals surface area contributed by atoms with Crippen LogP contribution in [0.15, 0.2) is 12.3 Å². The summed E-state index contributed by atoms with van der Waals surface area (Å²) in [5.74, 6) is 5.84. The molecule has 0 bridgehead atoms. The monoisotopic (exact) mass is 277 g/mol. The van der Waals surface area contributed by atoms with Gasteiger partial charge in [-0.05, 0) is 6.07 Å². The fraction of sp³-hybridized carbons (Fsp3) is 0.222. The number of alkyl halides is 1. The molecule has 0 atom stereocenters. The third kappa shape index (κ3) is 3.56. The Morgan fingerprint density at radius 1 is 1.46 bits per heavy atom. The number of rotatable bonds is 1. The van der Waals surface area contributed by atoms with Crippen molar-refractivity contribution in [3.05, 3.63) is 28.0 Å². The van der Waals surface area contributed by atoms with Gasteiger partial charge in [0.15, 0.2) is 0 Å². The summed E-state index contributed by atoms with van der Waals surface area (Å²) in [5.41, 5.74) is 0.676. The van der Waals surface area contributed by atoms with Gasteiger partial charge in [0.05, 0.1) is 10.6 Å². The lowest BCUT2D eigenvalue weighted by molar-refractivity contribution is 1.30. The van der Waals surface area contributed by atoms with Crippen LogP contribution in [-0.4, -0.2) is 10.3 Å². The zero-order valence-electron chi connectivity index (χ0n) is 6.65. The van der Waals surface area contributed by atoms with Gasteiger partial charge in [0.25, 0.3) is 0 Å². The third-order valence-electron chi connectivity index (χ3n) is 1.25. The van der Waals surface area contributed by atoms with Crippen LogP contribution in [0.25, 0.3) is 0 Å². The van der Waals surface area contributed by atoms with Gasteiger partial charge in [0.2, 0.25) is 0 Å². The summed E-state index contributed by atoms with van der Waals surface area (Å²) in [7, 11) is 0. The molecule has 1 heterocycles. The van der Waals surface area contributed by atoms with Gasteiger partial charge in [-0.1, -0.05) is 51.0 Å². The van der Waals surface area contributed by atoms with Gasteiger partial charge in [-0.3, -0.25) is 0 Å². The number of hydrogen-bond acceptors (Lipinski definition) is 1. The van der Waals surface area contributed by atoms with Crippen molar-refractivity contribution in [2.75, 3.05) is 5.33 Å². The quantitative estimate of drug-likeness (QED) is 0.435. The van der Waals surface area contributed by atoms with Crippen molar-refractivity contribution in [3.8, 4) is 11.8 Å². The second kappa shape index (κ2) is 5.49. The standard InChI is InChI=1S/C9H6BrCl2N/c10-4-2-1-3-7-5-8(11)6-13-9(7)12/h5-6H,2,4H2. The van der Waals surface area contributed by atoms with E-state index in [9.17, 15) is 0 Å². The lowest BCUT2D eigenvalue weighted by atomic mass is 10.3. The lowest BCUT2D eigenvalue weighted by Gasteiger charge is -1.94. The minimum atomic E-state index is 0.395. The smallest absolute Gasteiger partial charge is 0.144 e. The predicted molar refractivity (Wildman–Crippen MR) is 59.5 cm³/mol. The average molecular weight is 279 g/mol. The maximum Gasteiger partial charge on any atom is 0.144 e. The van der Waals surface area contributed by atoms with E-state index in [0.29, 0.717) is 15.7 Å². The number of pyridine rings is 1. The van der Waals surface area contributed by atoms with Crippen molar-refractivity contribution in [1.82, 2.24) is 4.98 Å². The van der Waals surface area contributed by atoms with E-state index in [2.05, 4.69) is 32.8 Å². The van der Waals surface area contributed by atoms with Crippen molar-refractivity contribution < 1.29 is 0 Å². The molecule has 0 radical (unpaired) electrons. The molecule has 1 rings (SSSR count). The molecule has 0 saturated carbocycles. The first kappa shape index (κ1) is 10.8. The molecule has 0 saturated heterocycles. The van der Waals surface area contributed by atoms with Crippen LogP contribution < -0.4 is 0 Å². The number of hydrogen-bond donors (Lipinski definition) is 0. The molecular weight excluding hydrogens is 273 g/mol. The predicted octanol–water partition coefficient (Wildman–Crippen LogP) is 3.52. The van der Waals surface area contributed by atoms with E-state index in [4.69, 9.17) is 23.2 Å². The van der Waals surface area contributed by atoms with E-state index >= 15 is 0 Å². The Hall–Kier alpha value is -0.230. The Labute approximate surface area is 95.6 Å². The van der Waals surface area contributed by atoms with Gasteiger partial charge in [0, 0.05) is 17.9 Å². The molecule has 0 unspecified atom stereocenters. The molecule has 0 amide bonds. The highest BCUT2D eigenvalue weighted by molar-refractivity contribution is 9.09. The van der Waals surface area contributed by atoms with E-state index in [1.54, 1.807) is 6.07 Å². The summed E-state index contributed by atoms with van der Waals surface area (Å²) in [6, 6.07) is 1.71. The summed E-state index contributed by atoms with van der Waals surface area (Å²) < 4.78 is 0. The second-order valence-electron chi connectivity index (χ2n) is 2.23. The number of halogens is 3. The summed E-state index contributed by atoms with van der Waals surface area (Å²) >= 11 is 14.8. The fourth-order valence-corrected chi connectivity index (χ4v) is 1.22. The van der Waals surface area contributed by atoms with E-state index in [1.807, 2.05) is 0 Å². The SMILES string of the molecule is Clc1cnc(Cl)c(C#CCCBr)c1. The molecule has 0 aliphatic rings. The number of nitrogens with zero attached hydrogens (tertiary/aromatic N) is 1. The van der Waals surface area contributed by atoms with Gasteiger partial charge < -0.3 is 0 Å². The van der Waals surface area contributed by atoms with Gasteiger partial charge >= 0.3 is 0 Å². The molecule has 4 heteroatoms. The normalized spacial score (nSPS) is 9.15. The van der Waals surface area contributed by atoms with Gasteiger partial charge in [-0.25, -0.2) is 4.98 Å². The first-order chi connectivity index (χ1) is 6.24. The Balaban J connectivity index is 2.89. The van der Waals surface area contributed by atoms with Crippen LogP contribution in [0.3, 0.4) is 0 Å². The summed E-state index contributed by atoms with van der Waals surface area (Å²) in [6.45, 7) is 0. The minimum Gasteiger partial charge on any atom is -0.242 e. The molecular formula is C9H6BrCl2N. The Kier molecular flexibility index (Phi) is 4.58. The van der Waals surface area contributed by atoms with E-state index < -0.39 is 0 Å². The molecule has 0 aromatic carbocycles. The van der Waals surface area contributed by atoms with E-state index in [-0.39, 0.29) is 0 Å². The summed E-state index contributed by atoms with van der Waals surface area (Å²) in [6.07, 6.45) is 2.28. The van der Waals surface area contributed by atoms with Crippen molar-refractivity contribution in [3.63, 3.8) is 0 Å². The highest BCUT2D eigenvalue weighted by Gasteiger charge is 1.98. The van der Waals surface area contributed by atoms with Crippen molar-refractivity contribution in [1.29, 1.82) is 0 Å². The molecule has 68 valence electrons. The van der Waals surface area contributed by atoms with Crippen molar-refractivity contribution in [2.24, 2.45) is 0 Å². The molecule has 0 aliphatic heterocycles. The molecule has 1 aromatic rings. The van der Waals surface area contributed by atoms with Gasteiger partial charge in [-0.15, -0.1) is 0 Å². The highest BCUT2D eigenvalue weighted by Crippen LogP contribution is 2.16. The third-order valence-corrected chi connectivity index (χ3v) is 2.15. The van der Waals surface area contributed by atoms with Gasteiger partial charge in [0.1, 0.15) is 5.15 Å². The zero-order chi connectivity index (χ0) is 9.68. The molecule has 13 heavy (non-hydrogen) atoms. The topological polar surface area (TPSA) is 12.9 Å². The maximum atomic E-state index is 5.79. The lowest BCUT2D eigenvalue weighted by Crippen LogP contribution is -1.82. The second-order valence-corrected chi connectivity index (χ2v) is 3.82. The first-order valence-electron chi connectivity index (χ1n) is 3.60. The summed E-state index contributed by atoms with van der Waals surface area (Å²) in [4.78, 5) is 3.88. The Bertz CT molecular complexity index is 354. The van der Waals surface area contributed by atoms with Crippen molar-refractivity contribution >= 4 is 39.1 Å². The van der Waals surface area contributed by atoms with Crippen LogP contribution in [-0.2, 0) is 0 Å². The van der Waals surface area contributed by atoms with Crippen LogP contribution in [0.4, 0.5) is 0 Å². The van der Waals surface area contributed by atoms with Gasteiger partial charge in [-0.2, -0.15) is 0 Å². The van der Waals surface area contributed by atoms with Crippen LogP contribution in [0.1, 0.15) is 12.0 Å². The maximum absolute atomic E-state index is 5.79. The first-order valence-corrected chi connectivity index (χ1v) is 5.47. The molecule has 0 spiro atoms. The minimum absolute atomic E-state index is 0.395. The van der Waals surface area contributed by atoms with E-state index in [0.717, 1.165) is 11.8 Å². The Morgan fingerprint density at radius 2 is 2.23 bits per heavy atom. The van der Waals surface area contributed by atoms with Crippen LogP contribution in [0, 0.1) is 11.8 Å². The molecule has 0 fully saturated rings. The molecule has 1 nitrogen and oxygen atoms in total. The van der Waals surface area contributed by atoms with Crippen molar-refractivity contribution in [2.45, 2.75) is 6.42 Å². The summed E-state index contributed by atoms with van der Waals surface area (Å²) in [5, 5.41) is 1.80.